The Balaban J connectivity index is 2.63. The zero-order valence-electron chi connectivity index (χ0n) is 9.45. The lowest BCUT2D eigenvalue weighted by molar-refractivity contribution is -0.142. The number of rotatable bonds is 5. The number of carbonyl (C=O) groups is 1. The Morgan fingerprint density at radius 2 is 1.94 bits per heavy atom. The summed E-state index contributed by atoms with van der Waals surface area (Å²) < 4.78 is 20.7. The highest BCUT2D eigenvalue weighted by Gasteiger charge is 2.29. The van der Waals surface area contributed by atoms with Crippen molar-refractivity contribution in [2.24, 2.45) is 0 Å². The van der Waals surface area contributed by atoms with Gasteiger partial charge in [-0.05, 0) is 19.1 Å². The van der Waals surface area contributed by atoms with Crippen molar-refractivity contribution in [3.8, 4) is 5.75 Å². The zero-order valence-corrected chi connectivity index (χ0v) is 10.3. The second kappa shape index (κ2) is 5.82. The summed E-state index contributed by atoms with van der Waals surface area (Å²) in [6.07, 6.45) is 0. The molecule has 1 rings (SSSR count). The van der Waals surface area contributed by atoms with Crippen LogP contribution in [0.3, 0.4) is 0 Å². The van der Waals surface area contributed by atoms with Gasteiger partial charge < -0.3 is 9.26 Å². The van der Waals surface area contributed by atoms with Gasteiger partial charge in [0, 0.05) is 0 Å². The number of benzene rings is 1. The minimum absolute atomic E-state index is 0.176. The molecule has 2 atom stereocenters. The van der Waals surface area contributed by atoms with Gasteiger partial charge in [-0.2, -0.15) is 5.09 Å². The minimum Gasteiger partial charge on any atom is -0.468 e. The number of hydrogen-bond donors (Lipinski definition) is 1. The molecule has 6 nitrogen and oxygen atoms in total. The Labute approximate surface area is 99.1 Å². The molecule has 1 radical (unpaired) electrons. The molecule has 0 aliphatic heterocycles. The van der Waals surface area contributed by atoms with Gasteiger partial charge >= 0.3 is 13.7 Å². The maximum absolute atomic E-state index is 11.5. The van der Waals surface area contributed by atoms with Crippen LogP contribution in [0.5, 0.6) is 5.75 Å². The molecule has 0 saturated carbocycles. The molecule has 0 bridgehead atoms. The van der Waals surface area contributed by atoms with Gasteiger partial charge in [-0.25, -0.2) is 4.57 Å². The van der Waals surface area contributed by atoms with Gasteiger partial charge in [0.1, 0.15) is 11.8 Å². The second-order valence-corrected chi connectivity index (χ2v) is 4.71. The molecule has 1 aromatic rings. The van der Waals surface area contributed by atoms with Gasteiger partial charge in [-0.1, -0.05) is 18.2 Å². The van der Waals surface area contributed by atoms with Crippen LogP contribution in [0.2, 0.25) is 0 Å². The first-order chi connectivity index (χ1) is 7.94. The second-order valence-electron chi connectivity index (χ2n) is 3.28. The van der Waals surface area contributed by atoms with Crippen LogP contribution in [-0.2, 0) is 19.0 Å². The van der Waals surface area contributed by atoms with E-state index in [0.717, 1.165) is 0 Å². The normalized spacial score (nSPS) is 15.7. The number of carbonyl (C=O) groups excluding carboxylic acids is 1. The van der Waals surface area contributed by atoms with E-state index in [1.165, 1.54) is 26.2 Å². The number of methoxy groups -OCH3 is 1. The molecule has 0 saturated heterocycles. The fourth-order valence-electron chi connectivity index (χ4n) is 1.11. The number of ether oxygens (including phenoxy) is 1. The molecule has 0 heterocycles. The first-order valence-corrected chi connectivity index (χ1v) is 6.40. The highest BCUT2D eigenvalue weighted by atomic mass is 31.2. The number of para-hydroxylation sites is 1. The summed E-state index contributed by atoms with van der Waals surface area (Å²) in [4.78, 5) is 22.6. The number of nitrogens with one attached hydrogen (secondary N) is 1. The Morgan fingerprint density at radius 1 is 1.35 bits per heavy atom. The van der Waals surface area contributed by atoms with Crippen molar-refractivity contribution in [1.29, 1.82) is 0 Å². The average Bonchev–Trinajstić information content (AvgIpc) is 2.27. The zero-order chi connectivity index (χ0) is 12.9. The highest BCUT2D eigenvalue weighted by Crippen LogP contribution is 2.39. The molecule has 0 spiro atoms. The van der Waals surface area contributed by atoms with E-state index in [-0.39, 0.29) is 5.75 Å². The third-order valence-electron chi connectivity index (χ3n) is 1.88. The molecule has 17 heavy (non-hydrogen) atoms. The quantitative estimate of drug-likeness (QED) is 0.642. The number of hydrogen-bond acceptors (Lipinski definition) is 4. The van der Waals surface area contributed by atoms with Crippen LogP contribution < -0.4 is 9.61 Å². The van der Waals surface area contributed by atoms with Crippen molar-refractivity contribution in [2.45, 2.75) is 13.0 Å². The van der Waals surface area contributed by atoms with Crippen molar-refractivity contribution in [1.82, 2.24) is 5.09 Å². The molecule has 93 valence electrons. The van der Waals surface area contributed by atoms with E-state index in [4.69, 9.17) is 4.52 Å². The Kier molecular flexibility index (Phi) is 4.69. The summed E-state index contributed by atoms with van der Waals surface area (Å²) in [6.45, 7) is 1.37. The van der Waals surface area contributed by atoms with E-state index in [1.807, 2.05) is 0 Å². The van der Waals surface area contributed by atoms with E-state index in [2.05, 4.69) is 9.82 Å². The summed E-state index contributed by atoms with van der Waals surface area (Å²) in [5.41, 5.74) is 0. The van der Waals surface area contributed by atoms with E-state index in [9.17, 15) is 14.3 Å². The molecule has 0 aromatic heterocycles. The van der Waals surface area contributed by atoms with Crippen molar-refractivity contribution < 1.29 is 23.5 Å². The largest absolute Gasteiger partial charge is 0.487 e. The summed E-state index contributed by atoms with van der Waals surface area (Å²) in [6, 6.07) is 7.00. The lowest BCUT2D eigenvalue weighted by atomic mass is 10.3. The van der Waals surface area contributed by atoms with Crippen molar-refractivity contribution >= 4 is 13.7 Å². The molecular weight excluding hydrogens is 245 g/mol. The molecule has 0 fully saturated rings. The minimum atomic E-state index is -4.34. The van der Waals surface area contributed by atoms with Gasteiger partial charge in [-0.3, -0.25) is 4.79 Å². The van der Waals surface area contributed by atoms with Crippen molar-refractivity contribution in [2.75, 3.05) is 7.11 Å². The summed E-state index contributed by atoms with van der Waals surface area (Å²) >= 11 is 0. The first-order valence-electron chi connectivity index (χ1n) is 4.86. The number of esters is 1. The van der Waals surface area contributed by atoms with Gasteiger partial charge in [-0.15, -0.1) is 4.89 Å². The van der Waals surface area contributed by atoms with Crippen LogP contribution in [0.4, 0.5) is 0 Å². The van der Waals surface area contributed by atoms with Crippen molar-refractivity contribution in [3.63, 3.8) is 0 Å². The lowest BCUT2D eigenvalue weighted by Crippen LogP contribution is -2.33. The Morgan fingerprint density at radius 3 is 2.47 bits per heavy atom. The SMILES string of the molecule is COC(=O)[C@H](C)NP([O])(=O)Oc1ccccc1. The smallest absolute Gasteiger partial charge is 0.468 e. The molecule has 1 N–H and O–H groups in total. The van der Waals surface area contributed by atoms with Gasteiger partial charge in [0.25, 0.3) is 0 Å². The molecule has 0 aliphatic carbocycles. The topological polar surface area (TPSA) is 84.5 Å². The first kappa shape index (κ1) is 13.7. The van der Waals surface area contributed by atoms with E-state index >= 15 is 0 Å². The van der Waals surface area contributed by atoms with Crippen molar-refractivity contribution in [3.05, 3.63) is 30.3 Å². The maximum Gasteiger partial charge on any atom is 0.487 e. The summed E-state index contributed by atoms with van der Waals surface area (Å²) in [5.74, 6) is -0.506. The van der Waals surface area contributed by atoms with Gasteiger partial charge in [0.05, 0.1) is 7.11 Å². The van der Waals surface area contributed by atoms with Crippen LogP contribution in [0.15, 0.2) is 30.3 Å². The lowest BCUT2D eigenvalue weighted by Gasteiger charge is -2.15. The molecule has 1 aromatic carbocycles. The summed E-state index contributed by atoms with van der Waals surface area (Å²) in [7, 11) is -3.16. The van der Waals surface area contributed by atoms with E-state index < -0.39 is 19.8 Å². The van der Waals surface area contributed by atoms with Crippen LogP contribution in [-0.4, -0.2) is 19.1 Å². The van der Waals surface area contributed by atoms with Gasteiger partial charge in [0.15, 0.2) is 0 Å². The average molecular weight is 258 g/mol. The Bertz CT molecular complexity index is 422. The third-order valence-corrected chi connectivity index (χ3v) is 3.03. The fourth-order valence-corrected chi connectivity index (χ4v) is 2.14. The van der Waals surface area contributed by atoms with E-state index in [0.29, 0.717) is 0 Å². The van der Waals surface area contributed by atoms with Crippen LogP contribution in [0.25, 0.3) is 0 Å². The van der Waals surface area contributed by atoms with Crippen LogP contribution in [0, 0.1) is 0 Å². The maximum atomic E-state index is 11.5. The van der Waals surface area contributed by atoms with Gasteiger partial charge in [0.2, 0.25) is 0 Å². The predicted octanol–water partition coefficient (Wildman–Crippen LogP) is 1.76. The molecule has 0 amide bonds. The van der Waals surface area contributed by atoms with Crippen LogP contribution in [0.1, 0.15) is 6.92 Å². The van der Waals surface area contributed by atoms with E-state index in [1.54, 1.807) is 18.2 Å². The predicted molar refractivity (Wildman–Crippen MR) is 60.0 cm³/mol. The molecule has 7 heteroatoms. The molecular formula is C10H13NO5P. The van der Waals surface area contributed by atoms with Crippen LogP contribution >= 0.6 is 7.75 Å². The molecule has 0 aliphatic rings. The monoisotopic (exact) mass is 258 g/mol. The fraction of sp³-hybridized carbons (Fsp3) is 0.300. The Hall–Kier alpha value is -1.36. The highest BCUT2D eigenvalue weighted by molar-refractivity contribution is 7.50. The third kappa shape index (κ3) is 4.56. The summed E-state index contributed by atoms with van der Waals surface area (Å²) in [5, 5.41) is 2.06. The molecule has 1 unspecified atom stereocenters. The standard InChI is InChI=1S/C10H13NO5P/c1-8(10(12)15-2)11-17(13,14)16-9-6-4-3-5-7-9/h3-8H,1-2H3,(H,11,13)/t8-,17?/m0/s1.